The van der Waals surface area contributed by atoms with Crippen molar-refractivity contribution in [3.8, 4) is 22.8 Å². The largest absolute Gasteiger partial charge is 0.454 e. The van der Waals surface area contributed by atoms with Crippen LogP contribution in [0.5, 0.6) is 11.5 Å². The number of benzene rings is 1. The molecule has 0 bridgehead atoms. The third-order valence-electron chi connectivity index (χ3n) is 3.85. The quantitative estimate of drug-likeness (QED) is 0.796. The van der Waals surface area contributed by atoms with E-state index in [1.165, 1.54) is 0 Å². The highest BCUT2D eigenvalue weighted by Crippen LogP contribution is 2.35. The predicted molar refractivity (Wildman–Crippen MR) is 87.2 cm³/mol. The molecule has 1 aromatic carbocycles. The van der Waals surface area contributed by atoms with E-state index in [0.717, 1.165) is 23.4 Å². The van der Waals surface area contributed by atoms with Gasteiger partial charge in [-0.25, -0.2) is 9.50 Å². The summed E-state index contributed by atoms with van der Waals surface area (Å²) in [6, 6.07) is 7.55. The van der Waals surface area contributed by atoms with E-state index in [9.17, 15) is 4.79 Å². The maximum absolute atomic E-state index is 12.2. The van der Waals surface area contributed by atoms with Crippen LogP contribution in [0, 0.1) is 0 Å². The summed E-state index contributed by atoms with van der Waals surface area (Å²) in [5, 5.41) is 7.19. The van der Waals surface area contributed by atoms with Gasteiger partial charge in [-0.2, -0.15) is 5.10 Å². The second-order valence-electron chi connectivity index (χ2n) is 5.45. The first-order valence-electron chi connectivity index (χ1n) is 7.79. The molecule has 7 heteroatoms. The third-order valence-corrected chi connectivity index (χ3v) is 3.85. The summed E-state index contributed by atoms with van der Waals surface area (Å²) in [5.74, 6) is 1.26. The molecular weight excluding hydrogens is 308 g/mol. The van der Waals surface area contributed by atoms with E-state index in [4.69, 9.17) is 9.47 Å². The van der Waals surface area contributed by atoms with Crippen LogP contribution in [0.1, 0.15) is 23.7 Å². The van der Waals surface area contributed by atoms with Crippen LogP contribution >= 0.6 is 0 Å². The fraction of sp³-hybridized carbons (Fsp3) is 0.235. The molecule has 7 nitrogen and oxygen atoms in total. The van der Waals surface area contributed by atoms with Gasteiger partial charge in [-0.3, -0.25) is 4.79 Å². The minimum atomic E-state index is -0.165. The molecule has 1 aliphatic rings. The summed E-state index contributed by atoms with van der Waals surface area (Å²) in [7, 11) is 0. The predicted octanol–water partition coefficient (Wildman–Crippen LogP) is 2.26. The van der Waals surface area contributed by atoms with Crippen molar-refractivity contribution >= 4 is 11.6 Å². The molecule has 3 heterocycles. The fourth-order valence-electron chi connectivity index (χ4n) is 2.66. The third kappa shape index (κ3) is 2.34. The molecule has 4 rings (SSSR count). The fourth-order valence-corrected chi connectivity index (χ4v) is 2.66. The summed E-state index contributed by atoms with van der Waals surface area (Å²) in [6.07, 6.45) is 4.10. The SMILES string of the molecule is CCCNC(=O)c1cnn2c(-c3ccc4c(c3)OCO4)ccnc12. The molecule has 2 aromatic heterocycles. The first-order valence-corrected chi connectivity index (χ1v) is 7.79. The Kier molecular flexibility index (Phi) is 3.53. The smallest absolute Gasteiger partial charge is 0.256 e. The lowest BCUT2D eigenvalue weighted by atomic mass is 10.1. The molecule has 24 heavy (non-hydrogen) atoms. The number of fused-ring (bicyclic) bond motifs is 2. The standard InChI is InChI=1S/C17H16N4O3/c1-2-6-19-17(22)12-9-20-21-13(5-7-18-16(12)21)11-3-4-14-15(8-11)24-10-23-14/h3-5,7-9H,2,6,10H2,1H3,(H,19,22). The first kappa shape index (κ1) is 14.5. The number of nitrogens with one attached hydrogen (secondary N) is 1. The topological polar surface area (TPSA) is 77.8 Å². The van der Waals surface area contributed by atoms with Crippen LogP contribution < -0.4 is 14.8 Å². The summed E-state index contributed by atoms with van der Waals surface area (Å²) in [4.78, 5) is 16.6. The van der Waals surface area contributed by atoms with E-state index in [1.54, 1.807) is 16.9 Å². The van der Waals surface area contributed by atoms with Gasteiger partial charge in [-0.15, -0.1) is 0 Å². The molecule has 0 aliphatic carbocycles. The zero-order valence-corrected chi connectivity index (χ0v) is 13.2. The number of nitrogens with zero attached hydrogens (tertiary/aromatic N) is 3. The minimum absolute atomic E-state index is 0.165. The number of carbonyl (C=O) groups is 1. The van der Waals surface area contributed by atoms with Crippen LogP contribution in [0.3, 0.4) is 0 Å². The second kappa shape index (κ2) is 5.84. The molecule has 3 aromatic rings. The normalized spacial score (nSPS) is 12.5. The molecule has 1 N–H and O–H groups in total. The van der Waals surface area contributed by atoms with Gasteiger partial charge in [0.15, 0.2) is 17.1 Å². The molecule has 0 atom stereocenters. The number of carbonyl (C=O) groups excluding carboxylic acids is 1. The van der Waals surface area contributed by atoms with E-state index >= 15 is 0 Å². The number of rotatable bonds is 4. The average molecular weight is 324 g/mol. The molecule has 0 saturated heterocycles. The van der Waals surface area contributed by atoms with Crippen LogP contribution in [-0.4, -0.2) is 33.8 Å². The van der Waals surface area contributed by atoms with Crippen LogP contribution in [0.25, 0.3) is 16.9 Å². The Bertz CT molecular complexity index is 919. The minimum Gasteiger partial charge on any atom is -0.454 e. The van der Waals surface area contributed by atoms with Crippen molar-refractivity contribution < 1.29 is 14.3 Å². The van der Waals surface area contributed by atoms with Crippen LogP contribution in [0.15, 0.2) is 36.7 Å². The number of aromatic nitrogens is 3. The van der Waals surface area contributed by atoms with Crippen molar-refractivity contribution in [3.05, 3.63) is 42.2 Å². The lowest BCUT2D eigenvalue weighted by molar-refractivity contribution is 0.0955. The molecule has 0 saturated carbocycles. The van der Waals surface area contributed by atoms with E-state index < -0.39 is 0 Å². The molecule has 0 radical (unpaired) electrons. The van der Waals surface area contributed by atoms with Gasteiger partial charge in [0, 0.05) is 18.3 Å². The highest BCUT2D eigenvalue weighted by atomic mass is 16.7. The molecular formula is C17H16N4O3. The Labute approximate surface area is 138 Å². The molecule has 0 unspecified atom stereocenters. The second-order valence-corrected chi connectivity index (χ2v) is 5.45. The van der Waals surface area contributed by atoms with Gasteiger partial charge in [-0.05, 0) is 30.7 Å². The van der Waals surface area contributed by atoms with Gasteiger partial charge in [0.2, 0.25) is 6.79 Å². The Morgan fingerprint density at radius 2 is 2.17 bits per heavy atom. The van der Waals surface area contributed by atoms with Crippen molar-refractivity contribution in [1.82, 2.24) is 19.9 Å². The molecule has 1 amide bonds. The van der Waals surface area contributed by atoms with E-state index in [-0.39, 0.29) is 12.7 Å². The van der Waals surface area contributed by atoms with Gasteiger partial charge < -0.3 is 14.8 Å². The molecule has 1 aliphatic heterocycles. The lowest BCUT2D eigenvalue weighted by Gasteiger charge is -2.06. The number of ether oxygens (including phenoxy) is 2. The molecule has 122 valence electrons. The van der Waals surface area contributed by atoms with Crippen LogP contribution in [0.4, 0.5) is 0 Å². The number of hydrogen-bond donors (Lipinski definition) is 1. The first-order chi connectivity index (χ1) is 11.8. The Hall–Kier alpha value is -3.09. The van der Waals surface area contributed by atoms with Crippen molar-refractivity contribution in [2.75, 3.05) is 13.3 Å². The van der Waals surface area contributed by atoms with Crippen LogP contribution in [0.2, 0.25) is 0 Å². The van der Waals surface area contributed by atoms with Gasteiger partial charge in [0.1, 0.15) is 5.56 Å². The van der Waals surface area contributed by atoms with E-state index in [1.807, 2.05) is 31.2 Å². The van der Waals surface area contributed by atoms with Crippen molar-refractivity contribution in [2.45, 2.75) is 13.3 Å². The highest BCUT2D eigenvalue weighted by molar-refractivity contribution is 5.99. The maximum atomic E-state index is 12.2. The lowest BCUT2D eigenvalue weighted by Crippen LogP contribution is -2.23. The number of hydrogen-bond acceptors (Lipinski definition) is 5. The van der Waals surface area contributed by atoms with Gasteiger partial charge in [0.05, 0.1) is 11.9 Å². The van der Waals surface area contributed by atoms with E-state index in [0.29, 0.717) is 23.5 Å². The van der Waals surface area contributed by atoms with Crippen molar-refractivity contribution in [2.24, 2.45) is 0 Å². The molecule has 0 fully saturated rings. The zero-order valence-electron chi connectivity index (χ0n) is 13.2. The molecule has 0 spiro atoms. The maximum Gasteiger partial charge on any atom is 0.256 e. The van der Waals surface area contributed by atoms with Gasteiger partial charge in [0.25, 0.3) is 5.91 Å². The van der Waals surface area contributed by atoms with Gasteiger partial charge >= 0.3 is 0 Å². The summed E-state index contributed by atoms with van der Waals surface area (Å²) >= 11 is 0. The van der Waals surface area contributed by atoms with E-state index in [2.05, 4.69) is 15.4 Å². The summed E-state index contributed by atoms with van der Waals surface area (Å²) < 4.78 is 12.4. The van der Waals surface area contributed by atoms with Crippen LogP contribution in [-0.2, 0) is 0 Å². The number of amides is 1. The zero-order chi connectivity index (χ0) is 16.5. The highest BCUT2D eigenvalue weighted by Gasteiger charge is 2.18. The van der Waals surface area contributed by atoms with Crippen molar-refractivity contribution in [3.63, 3.8) is 0 Å². The monoisotopic (exact) mass is 324 g/mol. The van der Waals surface area contributed by atoms with Gasteiger partial charge in [-0.1, -0.05) is 6.92 Å². The van der Waals surface area contributed by atoms with Crippen molar-refractivity contribution in [1.29, 1.82) is 0 Å². The summed E-state index contributed by atoms with van der Waals surface area (Å²) in [5.41, 5.74) is 2.73. The summed E-state index contributed by atoms with van der Waals surface area (Å²) in [6.45, 7) is 2.86. The Morgan fingerprint density at radius 1 is 1.29 bits per heavy atom. The Morgan fingerprint density at radius 3 is 3.04 bits per heavy atom. The average Bonchev–Trinajstić information content (AvgIpc) is 3.25. The Balaban J connectivity index is 1.77.